The second kappa shape index (κ2) is 9.57. The van der Waals surface area contributed by atoms with Crippen molar-refractivity contribution in [2.45, 2.75) is 12.8 Å². The van der Waals surface area contributed by atoms with Crippen LogP contribution < -0.4 is 9.47 Å². The molecule has 32 heavy (non-hydrogen) atoms. The van der Waals surface area contributed by atoms with E-state index in [0.29, 0.717) is 0 Å². The lowest BCUT2D eigenvalue weighted by Crippen LogP contribution is -1.87. The molecule has 0 heterocycles. The molecule has 0 saturated carbocycles. The van der Waals surface area contributed by atoms with Crippen molar-refractivity contribution in [1.29, 1.82) is 0 Å². The van der Waals surface area contributed by atoms with E-state index in [0.717, 1.165) is 24.3 Å². The molecule has 160 valence electrons. The molecule has 0 amide bonds. The average molecular weight is 421 g/mol. The molecule has 2 aliphatic rings. The first kappa shape index (κ1) is 21.5. The topological polar surface area (TPSA) is 18.5 Å². The van der Waals surface area contributed by atoms with Crippen molar-refractivity contribution in [3.63, 3.8) is 0 Å². The van der Waals surface area contributed by atoms with Gasteiger partial charge in [-0.05, 0) is 58.4 Å². The van der Waals surface area contributed by atoms with Gasteiger partial charge in [0.1, 0.15) is 11.5 Å². The lowest BCUT2D eigenvalue weighted by molar-refractivity contribution is 0.416. The van der Waals surface area contributed by atoms with Crippen LogP contribution in [0.25, 0.3) is 22.3 Å². The smallest absolute Gasteiger partial charge is 0.126 e. The van der Waals surface area contributed by atoms with Crippen molar-refractivity contribution in [2.75, 3.05) is 14.2 Å². The summed E-state index contributed by atoms with van der Waals surface area (Å²) in [5.74, 6) is 1.97. The molecule has 0 saturated heterocycles. The van der Waals surface area contributed by atoms with Gasteiger partial charge in [-0.2, -0.15) is 0 Å². The fraction of sp³-hybridized carbons (Fsp3) is 0.133. The molecule has 0 fully saturated rings. The maximum Gasteiger partial charge on any atom is 0.126 e. The van der Waals surface area contributed by atoms with E-state index >= 15 is 0 Å². The number of rotatable bonds is 2. The third-order valence-corrected chi connectivity index (χ3v) is 6.00. The second-order valence-corrected chi connectivity index (χ2v) is 7.66. The van der Waals surface area contributed by atoms with E-state index in [1.54, 1.807) is 14.2 Å². The number of hydrogen-bond acceptors (Lipinski definition) is 2. The molecule has 2 heteroatoms. The van der Waals surface area contributed by atoms with Gasteiger partial charge >= 0.3 is 0 Å². The van der Waals surface area contributed by atoms with Gasteiger partial charge in [0.05, 0.1) is 14.2 Å². The first-order valence-electron chi connectivity index (χ1n) is 10.8. The zero-order valence-electron chi connectivity index (χ0n) is 18.7. The number of fused-ring (bicyclic) bond motifs is 6. The summed E-state index contributed by atoms with van der Waals surface area (Å²) in [4.78, 5) is 0. The molecule has 0 aliphatic heterocycles. The molecule has 6 rings (SSSR count). The standard InChI is InChI=1S/2C14H12O.C2H4/c2*1-15-13-8-4-6-11-9-10-5-2-3-7-12(10)14(11)13;1-2/h2*2-8H,9H2,1H3;1-2H2. The van der Waals surface area contributed by atoms with E-state index < -0.39 is 0 Å². The SMILES string of the molecule is C=C.COc1cccc2c1-c1ccccc1C2.COc1cccc2c1-c1ccccc1C2. The van der Waals surface area contributed by atoms with Gasteiger partial charge in [0.2, 0.25) is 0 Å². The highest BCUT2D eigenvalue weighted by Gasteiger charge is 2.21. The Balaban J connectivity index is 0.000000142. The summed E-state index contributed by atoms with van der Waals surface area (Å²) >= 11 is 0. The van der Waals surface area contributed by atoms with Crippen molar-refractivity contribution in [2.24, 2.45) is 0 Å². The Labute approximate surface area is 190 Å². The van der Waals surface area contributed by atoms with Crippen LogP contribution in [0, 0.1) is 0 Å². The van der Waals surface area contributed by atoms with E-state index in [1.165, 1.54) is 44.5 Å². The first-order valence-corrected chi connectivity index (χ1v) is 10.8. The van der Waals surface area contributed by atoms with Gasteiger partial charge < -0.3 is 9.47 Å². The quantitative estimate of drug-likeness (QED) is 0.273. The maximum absolute atomic E-state index is 5.41. The molecular formula is C30H28O2. The highest BCUT2D eigenvalue weighted by Crippen LogP contribution is 2.43. The van der Waals surface area contributed by atoms with Crippen molar-refractivity contribution in [3.8, 4) is 33.8 Å². The van der Waals surface area contributed by atoms with Crippen LogP contribution in [0.3, 0.4) is 0 Å². The lowest BCUT2D eigenvalue weighted by atomic mass is 10.1. The molecule has 0 unspecified atom stereocenters. The molecule has 0 spiro atoms. The van der Waals surface area contributed by atoms with Crippen LogP contribution in [-0.2, 0) is 12.8 Å². The summed E-state index contributed by atoms with van der Waals surface area (Å²) in [7, 11) is 3.47. The Morgan fingerprint density at radius 1 is 0.500 bits per heavy atom. The van der Waals surface area contributed by atoms with E-state index in [2.05, 4.69) is 86.0 Å². The van der Waals surface area contributed by atoms with Crippen LogP contribution in [0.2, 0.25) is 0 Å². The van der Waals surface area contributed by atoms with E-state index in [9.17, 15) is 0 Å². The third-order valence-electron chi connectivity index (χ3n) is 6.00. The largest absolute Gasteiger partial charge is 0.496 e. The highest BCUT2D eigenvalue weighted by atomic mass is 16.5. The Hall–Kier alpha value is -3.78. The van der Waals surface area contributed by atoms with Crippen molar-refractivity contribution in [1.82, 2.24) is 0 Å². The summed E-state index contributed by atoms with van der Waals surface area (Å²) < 4.78 is 10.8. The minimum atomic E-state index is 0.984. The van der Waals surface area contributed by atoms with Gasteiger partial charge in [0.25, 0.3) is 0 Å². The van der Waals surface area contributed by atoms with Crippen LogP contribution >= 0.6 is 0 Å². The molecule has 4 aromatic carbocycles. The fourth-order valence-corrected chi connectivity index (χ4v) is 4.65. The number of methoxy groups -OCH3 is 2. The monoisotopic (exact) mass is 420 g/mol. The van der Waals surface area contributed by atoms with Gasteiger partial charge in [-0.15, -0.1) is 13.2 Å². The molecule has 0 N–H and O–H groups in total. The van der Waals surface area contributed by atoms with Crippen molar-refractivity contribution in [3.05, 3.63) is 120 Å². The van der Waals surface area contributed by atoms with Crippen molar-refractivity contribution >= 4 is 0 Å². The zero-order valence-corrected chi connectivity index (χ0v) is 18.7. The first-order chi connectivity index (χ1) is 15.8. The Kier molecular flexibility index (Phi) is 6.42. The Morgan fingerprint density at radius 2 is 0.875 bits per heavy atom. The number of benzene rings is 4. The predicted octanol–water partition coefficient (Wildman–Crippen LogP) is 7.34. The lowest BCUT2D eigenvalue weighted by Gasteiger charge is -2.07. The fourth-order valence-electron chi connectivity index (χ4n) is 4.65. The Bertz CT molecular complexity index is 1140. The maximum atomic E-state index is 5.41. The van der Waals surface area contributed by atoms with E-state index in [-0.39, 0.29) is 0 Å². The predicted molar refractivity (Wildman–Crippen MR) is 134 cm³/mol. The minimum absolute atomic E-state index is 0.984. The van der Waals surface area contributed by atoms with E-state index in [1.807, 2.05) is 12.1 Å². The van der Waals surface area contributed by atoms with Crippen LogP contribution in [-0.4, -0.2) is 14.2 Å². The summed E-state index contributed by atoms with van der Waals surface area (Å²) in [6, 6.07) is 29.6. The number of ether oxygens (including phenoxy) is 2. The minimum Gasteiger partial charge on any atom is -0.496 e. The normalized spacial score (nSPS) is 11.4. The average Bonchev–Trinajstić information content (AvgIpc) is 3.44. The molecule has 2 nitrogen and oxygen atoms in total. The van der Waals surface area contributed by atoms with Gasteiger partial charge in [-0.3, -0.25) is 0 Å². The molecular weight excluding hydrogens is 392 g/mol. The van der Waals surface area contributed by atoms with Gasteiger partial charge in [0, 0.05) is 11.1 Å². The summed E-state index contributed by atoms with van der Waals surface area (Å²) in [5, 5.41) is 0. The van der Waals surface area contributed by atoms with Crippen molar-refractivity contribution < 1.29 is 9.47 Å². The molecule has 0 radical (unpaired) electrons. The molecule has 0 atom stereocenters. The van der Waals surface area contributed by atoms with Gasteiger partial charge in [-0.25, -0.2) is 0 Å². The van der Waals surface area contributed by atoms with Crippen LogP contribution in [0.5, 0.6) is 11.5 Å². The highest BCUT2D eigenvalue weighted by molar-refractivity contribution is 5.82. The molecule has 2 aliphatic carbocycles. The zero-order chi connectivity index (χ0) is 22.5. The summed E-state index contributed by atoms with van der Waals surface area (Å²) in [6.45, 7) is 6.00. The van der Waals surface area contributed by atoms with Gasteiger partial charge in [0.15, 0.2) is 0 Å². The van der Waals surface area contributed by atoms with E-state index in [4.69, 9.17) is 9.47 Å². The van der Waals surface area contributed by atoms with Crippen LogP contribution in [0.1, 0.15) is 22.3 Å². The second-order valence-electron chi connectivity index (χ2n) is 7.66. The number of hydrogen-bond donors (Lipinski definition) is 0. The van der Waals surface area contributed by atoms with Gasteiger partial charge in [-0.1, -0.05) is 72.8 Å². The summed E-state index contributed by atoms with van der Waals surface area (Å²) in [6.07, 6.45) is 2.06. The third kappa shape index (κ3) is 3.80. The Morgan fingerprint density at radius 3 is 1.28 bits per heavy atom. The molecule has 0 bridgehead atoms. The van der Waals surface area contributed by atoms with Crippen LogP contribution in [0.15, 0.2) is 98.1 Å². The molecule has 4 aromatic rings. The molecule has 0 aromatic heterocycles. The van der Waals surface area contributed by atoms with Crippen LogP contribution in [0.4, 0.5) is 0 Å². The summed E-state index contributed by atoms with van der Waals surface area (Å²) in [5.41, 5.74) is 10.7.